The smallest absolute Gasteiger partial charge is 0.316 e. The molecule has 35 heavy (non-hydrogen) atoms. The van der Waals surface area contributed by atoms with Crippen molar-refractivity contribution in [1.29, 1.82) is 0 Å². The molecule has 186 valence electrons. The van der Waals surface area contributed by atoms with Gasteiger partial charge in [-0.1, -0.05) is 11.6 Å². The van der Waals surface area contributed by atoms with E-state index in [0.717, 1.165) is 12.8 Å². The highest BCUT2D eigenvalue weighted by Gasteiger charge is 2.20. The van der Waals surface area contributed by atoms with Crippen LogP contribution in [0.4, 0.5) is 20.7 Å². The first-order valence-corrected chi connectivity index (χ1v) is 11.6. The molecule has 1 saturated heterocycles. The molecule has 2 aromatic carbocycles. The monoisotopic (exact) mass is 503 g/mol. The van der Waals surface area contributed by atoms with Gasteiger partial charge in [0, 0.05) is 44.1 Å². The summed E-state index contributed by atoms with van der Waals surface area (Å²) in [4.78, 5) is 21.9. The summed E-state index contributed by atoms with van der Waals surface area (Å²) < 4.78 is 31.3. The van der Waals surface area contributed by atoms with E-state index in [0.29, 0.717) is 53.7 Å². The van der Waals surface area contributed by atoms with Crippen molar-refractivity contribution in [3.8, 4) is 11.5 Å². The zero-order valence-corrected chi connectivity index (χ0v) is 20.3. The molecule has 0 radical (unpaired) electrons. The maximum Gasteiger partial charge on any atom is 0.316 e. The number of carbonyl (C=O) groups excluding carboxylic acids is 1. The third-order valence-electron chi connectivity index (χ3n) is 5.39. The average molecular weight is 504 g/mol. The quantitative estimate of drug-likeness (QED) is 0.440. The highest BCUT2D eigenvalue weighted by Crippen LogP contribution is 2.36. The van der Waals surface area contributed by atoms with E-state index in [-0.39, 0.29) is 23.8 Å². The summed E-state index contributed by atoms with van der Waals surface area (Å²) in [7, 11) is 3.34. The number of halogens is 2. The maximum absolute atomic E-state index is 13.6. The van der Waals surface area contributed by atoms with E-state index in [9.17, 15) is 9.18 Å². The van der Waals surface area contributed by atoms with E-state index in [1.54, 1.807) is 26.2 Å². The predicted molar refractivity (Wildman–Crippen MR) is 131 cm³/mol. The SMILES string of the molecule is CN(C)C(=O)NCCOc1cc2ncnc(Nc3ccc(F)c(Cl)c3)c2cc1OC1CCOCC1. The van der Waals surface area contributed by atoms with E-state index >= 15 is 0 Å². The number of aromatic nitrogens is 2. The molecule has 2 N–H and O–H groups in total. The summed E-state index contributed by atoms with van der Waals surface area (Å²) in [6.45, 7) is 1.84. The zero-order valence-electron chi connectivity index (χ0n) is 19.5. The van der Waals surface area contributed by atoms with Gasteiger partial charge in [0.1, 0.15) is 30.7 Å². The zero-order chi connectivity index (χ0) is 24.8. The van der Waals surface area contributed by atoms with Crippen LogP contribution >= 0.6 is 11.6 Å². The van der Waals surface area contributed by atoms with Gasteiger partial charge >= 0.3 is 6.03 Å². The van der Waals surface area contributed by atoms with Crippen molar-refractivity contribution in [2.45, 2.75) is 18.9 Å². The molecular formula is C24H27ClFN5O4. The largest absolute Gasteiger partial charge is 0.488 e. The van der Waals surface area contributed by atoms with Gasteiger partial charge in [-0.05, 0) is 24.3 Å². The Labute approximate surface area is 207 Å². The highest BCUT2D eigenvalue weighted by molar-refractivity contribution is 6.31. The molecule has 0 spiro atoms. The minimum Gasteiger partial charge on any atom is -0.488 e. The Morgan fingerprint density at radius 3 is 2.74 bits per heavy atom. The molecule has 2 heterocycles. The Hall–Kier alpha value is -3.37. The summed E-state index contributed by atoms with van der Waals surface area (Å²) in [6, 6.07) is 7.76. The highest BCUT2D eigenvalue weighted by atomic mass is 35.5. The van der Waals surface area contributed by atoms with Crippen molar-refractivity contribution in [3.05, 3.63) is 47.5 Å². The number of amides is 2. The van der Waals surface area contributed by atoms with Gasteiger partial charge in [-0.15, -0.1) is 0 Å². The summed E-state index contributed by atoms with van der Waals surface area (Å²) >= 11 is 5.93. The van der Waals surface area contributed by atoms with E-state index in [2.05, 4.69) is 20.6 Å². The molecule has 3 aromatic rings. The van der Waals surface area contributed by atoms with Gasteiger partial charge < -0.3 is 29.7 Å². The minimum absolute atomic E-state index is 0.00828. The summed E-state index contributed by atoms with van der Waals surface area (Å²) in [5.74, 6) is 1.07. The molecule has 0 unspecified atom stereocenters. The Morgan fingerprint density at radius 1 is 1.20 bits per heavy atom. The second kappa shape index (κ2) is 11.4. The van der Waals surface area contributed by atoms with Crippen LogP contribution in [0.5, 0.6) is 11.5 Å². The van der Waals surface area contributed by atoms with Crippen LogP contribution in [0.25, 0.3) is 10.9 Å². The maximum atomic E-state index is 13.6. The van der Waals surface area contributed by atoms with Gasteiger partial charge in [0.15, 0.2) is 11.5 Å². The molecule has 4 rings (SSSR count). The fraction of sp³-hybridized carbons (Fsp3) is 0.375. The number of hydrogen-bond donors (Lipinski definition) is 2. The van der Waals surface area contributed by atoms with Crippen LogP contribution in [0.15, 0.2) is 36.7 Å². The average Bonchev–Trinajstić information content (AvgIpc) is 2.85. The first-order chi connectivity index (χ1) is 16.9. The lowest BCUT2D eigenvalue weighted by molar-refractivity contribution is 0.0243. The van der Waals surface area contributed by atoms with Crippen LogP contribution in [0.1, 0.15) is 12.8 Å². The second-order valence-corrected chi connectivity index (χ2v) is 8.60. The molecule has 1 aliphatic rings. The number of nitrogens with zero attached hydrogens (tertiary/aromatic N) is 3. The first kappa shape index (κ1) is 24.7. The lowest BCUT2D eigenvalue weighted by atomic mass is 10.1. The van der Waals surface area contributed by atoms with Gasteiger partial charge in [-0.3, -0.25) is 0 Å². The third-order valence-corrected chi connectivity index (χ3v) is 5.68. The predicted octanol–water partition coefficient (Wildman–Crippen LogP) is 4.37. The van der Waals surface area contributed by atoms with Gasteiger partial charge in [0.05, 0.1) is 30.3 Å². The van der Waals surface area contributed by atoms with Crippen molar-refractivity contribution in [1.82, 2.24) is 20.2 Å². The van der Waals surface area contributed by atoms with Crippen LogP contribution in [-0.2, 0) is 4.74 Å². The standard InChI is InChI=1S/C24H27ClFN5O4/c1-31(2)24(32)27-7-10-34-21-13-20-17(12-22(21)35-16-5-8-33-9-6-16)23(29-14-28-20)30-15-3-4-19(26)18(25)11-15/h3-4,11-14,16H,5-10H2,1-2H3,(H,27,32)(H,28,29,30). The van der Waals surface area contributed by atoms with Crippen LogP contribution in [0.3, 0.4) is 0 Å². The normalized spacial score (nSPS) is 13.9. The van der Waals surface area contributed by atoms with Crippen LogP contribution < -0.4 is 20.1 Å². The van der Waals surface area contributed by atoms with Gasteiger partial charge in [-0.2, -0.15) is 0 Å². The third kappa shape index (κ3) is 6.40. The Kier molecular flexibility index (Phi) is 8.04. The topological polar surface area (TPSA) is 97.8 Å². The lowest BCUT2D eigenvalue weighted by Gasteiger charge is -2.25. The van der Waals surface area contributed by atoms with Crippen molar-refractivity contribution >= 4 is 40.0 Å². The van der Waals surface area contributed by atoms with Crippen LogP contribution in [-0.4, -0.2) is 67.5 Å². The van der Waals surface area contributed by atoms with Crippen LogP contribution in [0.2, 0.25) is 5.02 Å². The number of nitrogens with one attached hydrogen (secondary N) is 2. The van der Waals surface area contributed by atoms with Crippen molar-refractivity contribution in [2.75, 3.05) is 45.8 Å². The number of rotatable bonds is 8. The van der Waals surface area contributed by atoms with Crippen molar-refractivity contribution in [2.24, 2.45) is 0 Å². The Bertz CT molecular complexity index is 1190. The fourth-order valence-electron chi connectivity index (χ4n) is 3.53. The second-order valence-electron chi connectivity index (χ2n) is 8.20. The Morgan fingerprint density at radius 2 is 2.00 bits per heavy atom. The number of urea groups is 1. The number of carbonyl (C=O) groups is 1. The van der Waals surface area contributed by atoms with E-state index in [1.807, 2.05) is 6.07 Å². The van der Waals surface area contributed by atoms with Crippen molar-refractivity contribution in [3.63, 3.8) is 0 Å². The number of fused-ring (bicyclic) bond motifs is 1. The molecule has 0 bridgehead atoms. The number of anilines is 2. The molecule has 1 aromatic heterocycles. The lowest BCUT2D eigenvalue weighted by Crippen LogP contribution is -2.36. The molecule has 1 fully saturated rings. The first-order valence-electron chi connectivity index (χ1n) is 11.2. The molecule has 1 aliphatic heterocycles. The molecule has 11 heteroatoms. The molecule has 9 nitrogen and oxygen atoms in total. The fourth-order valence-corrected chi connectivity index (χ4v) is 3.71. The summed E-state index contributed by atoms with van der Waals surface area (Å²) in [5.41, 5.74) is 1.21. The van der Waals surface area contributed by atoms with E-state index in [4.69, 9.17) is 25.8 Å². The van der Waals surface area contributed by atoms with Crippen molar-refractivity contribution < 1.29 is 23.4 Å². The number of ether oxygens (including phenoxy) is 3. The molecule has 2 amide bonds. The van der Waals surface area contributed by atoms with Gasteiger partial charge in [0.2, 0.25) is 0 Å². The number of benzene rings is 2. The van der Waals surface area contributed by atoms with E-state index < -0.39 is 5.82 Å². The van der Waals surface area contributed by atoms with Gasteiger partial charge in [0.25, 0.3) is 0 Å². The summed E-state index contributed by atoms with van der Waals surface area (Å²) in [5, 5.41) is 6.64. The number of hydrogen-bond acceptors (Lipinski definition) is 7. The van der Waals surface area contributed by atoms with Gasteiger partial charge in [-0.25, -0.2) is 19.2 Å². The molecule has 0 atom stereocenters. The molecule has 0 saturated carbocycles. The molecular weight excluding hydrogens is 477 g/mol. The summed E-state index contributed by atoms with van der Waals surface area (Å²) in [6.07, 6.45) is 2.94. The van der Waals surface area contributed by atoms with E-state index in [1.165, 1.54) is 23.4 Å². The molecule has 0 aliphatic carbocycles. The Balaban J connectivity index is 1.60. The minimum atomic E-state index is -0.500. The van der Waals surface area contributed by atoms with Crippen LogP contribution in [0, 0.1) is 5.82 Å².